The molecule has 2 heteroatoms. The first kappa shape index (κ1) is 13.1. The van der Waals surface area contributed by atoms with E-state index in [1.165, 1.54) is 11.8 Å². The monoisotopic (exact) mass is 360 g/mol. The normalized spacial score (nSPS) is 17.9. The molecule has 0 aliphatic heterocycles. The van der Waals surface area contributed by atoms with E-state index >= 15 is 0 Å². The number of pyridine rings is 1. The van der Waals surface area contributed by atoms with Crippen LogP contribution >= 0.6 is 11.3 Å². The summed E-state index contributed by atoms with van der Waals surface area (Å²) < 4.78 is 27.8. The molecule has 0 atom stereocenters. The summed E-state index contributed by atoms with van der Waals surface area (Å²) in [7, 11) is 0. The van der Waals surface area contributed by atoms with E-state index in [0.717, 1.165) is 57.3 Å². The number of fused-ring (bicyclic) bond motifs is 3. The maximum absolute atomic E-state index is 8.82. The second-order valence-electron chi connectivity index (χ2n) is 7.12. The van der Waals surface area contributed by atoms with Crippen molar-refractivity contribution in [3.63, 3.8) is 0 Å². The first-order chi connectivity index (χ1) is 14.0. The molecule has 2 heterocycles. The Bertz CT molecular complexity index is 1190. The zero-order valence-corrected chi connectivity index (χ0v) is 15.5. The van der Waals surface area contributed by atoms with Gasteiger partial charge in [-0.25, -0.2) is 0 Å². The number of rotatable bonds is 3. The molecule has 0 amide bonds. The fourth-order valence-electron chi connectivity index (χ4n) is 4.04. The summed E-state index contributed by atoms with van der Waals surface area (Å²) in [6.45, 7) is 0. The van der Waals surface area contributed by atoms with Crippen LogP contribution in [0.25, 0.3) is 31.4 Å². The minimum atomic E-state index is -1.33. The molecule has 1 aliphatic rings. The van der Waals surface area contributed by atoms with Crippen molar-refractivity contribution in [3.05, 3.63) is 66.3 Å². The minimum Gasteiger partial charge on any atom is -0.256 e. The summed E-state index contributed by atoms with van der Waals surface area (Å²) in [5.41, 5.74) is 2.60. The first-order valence-electron chi connectivity index (χ1n) is 10.9. The molecule has 0 saturated heterocycles. The zero-order valence-electron chi connectivity index (χ0n) is 17.7. The van der Waals surface area contributed by atoms with Crippen molar-refractivity contribution in [1.82, 2.24) is 4.98 Å². The van der Waals surface area contributed by atoms with Crippen LogP contribution in [0.4, 0.5) is 0 Å². The lowest BCUT2D eigenvalue weighted by molar-refractivity contribution is 0.356. The highest BCUT2D eigenvalue weighted by Gasteiger charge is 2.15. The Hall–Kier alpha value is -2.19. The predicted molar refractivity (Wildman–Crippen MR) is 113 cm³/mol. The van der Waals surface area contributed by atoms with Gasteiger partial charge in [-0.1, -0.05) is 68.5 Å². The van der Waals surface area contributed by atoms with Crippen molar-refractivity contribution < 1.29 is 4.11 Å². The van der Waals surface area contributed by atoms with Crippen molar-refractivity contribution >= 4 is 31.5 Å². The van der Waals surface area contributed by atoms with Gasteiger partial charge in [0.1, 0.15) is 0 Å². The van der Waals surface area contributed by atoms with Crippen molar-refractivity contribution in [2.75, 3.05) is 0 Å². The molecule has 1 nitrogen and oxygen atoms in total. The maximum Gasteiger partial charge on any atom is 0.0719 e. The topological polar surface area (TPSA) is 12.9 Å². The molecule has 0 unspecified atom stereocenters. The maximum atomic E-state index is 8.82. The van der Waals surface area contributed by atoms with E-state index in [0.29, 0.717) is 6.04 Å². The molecule has 0 N–H and O–H groups in total. The summed E-state index contributed by atoms with van der Waals surface area (Å²) >= 11 is 1.68. The van der Waals surface area contributed by atoms with Crippen LogP contribution in [0.1, 0.15) is 41.8 Å². The van der Waals surface area contributed by atoms with Crippen LogP contribution in [0, 0.1) is 5.92 Å². The zero-order chi connectivity index (χ0) is 20.0. The van der Waals surface area contributed by atoms with Gasteiger partial charge in [0.2, 0.25) is 0 Å². The first-order valence-corrected chi connectivity index (χ1v) is 10.2. The smallest absolute Gasteiger partial charge is 0.0719 e. The van der Waals surface area contributed by atoms with Crippen LogP contribution in [0.15, 0.2) is 60.8 Å². The molecular weight excluding hydrogens is 334 g/mol. The van der Waals surface area contributed by atoms with E-state index in [2.05, 4.69) is 17.1 Å². The second-order valence-corrected chi connectivity index (χ2v) is 8.17. The van der Waals surface area contributed by atoms with Gasteiger partial charge < -0.3 is 0 Å². The largest absolute Gasteiger partial charge is 0.256 e. The molecule has 1 fully saturated rings. The van der Waals surface area contributed by atoms with Gasteiger partial charge in [-0.15, -0.1) is 11.3 Å². The Morgan fingerprint density at radius 3 is 2.85 bits per heavy atom. The van der Waals surface area contributed by atoms with Gasteiger partial charge in [-0.05, 0) is 36.1 Å². The molecule has 2 aromatic heterocycles. The van der Waals surface area contributed by atoms with Crippen molar-refractivity contribution in [1.29, 1.82) is 0 Å². The van der Waals surface area contributed by atoms with Gasteiger partial charge in [-0.3, -0.25) is 4.98 Å². The Morgan fingerprint density at radius 2 is 1.92 bits per heavy atom. The molecule has 1 saturated carbocycles. The van der Waals surface area contributed by atoms with Gasteiger partial charge in [0, 0.05) is 34.7 Å². The van der Waals surface area contributed by atoms with Crippen LogP contribution in [-0.2, 0) is 6.37 Å². The molecule has 0 bridgehead atoms. The number of thiophene rings is 1. The highest BCUT2D eigenvalue weighted by Crippen LogP contribution is 2.39. The van der Waals surface area contributed by atoms with Gasteiger partial charge in [0.15, 0.2) is 0 Å². The third kappa shape index (κ3) is 2.93. The number of nitrogens with zero attached hydrogens (tertiary/aromatic N) is 1. The van der Waals surface area contributed by atoms with E-state index in [-0.39, 0.29) is 5.92 Å². The molecule has 26 heavy (non-hydrogen) atoms. The molecule has 1 aliphatic carbocycles. The Labute approximate surface area is 162 Å². The second kappa shape index (κ2) is 6.85. The average Bonchev–Trinajstić information content (AvgIpc) is 3.12. The Kier molecular flexibility index (Phi) is 3.44. The van der Waals surface area contributed by atoms with Crippen molar-refractivity contribution in [2.24, 2.45) is 5.92 Å². The van der Waals surface area contributed by atoms with E-state index in [9.17, 15) is 0 Å². The summed E-state index contributed by atoms with van der Waals surface area (Å²) in [4.78, 5) is 4.61. The molecule has 2 aromatic carbocycles. The summed E-state index contributed by atoms with van der Waals surface area (Å²) in [6, 6.07) is 16.3. The van der Waals surface area contributed by atoms with Crippen molar-refractivity contribution in [2.45, 2.75) is 38.5 Å². The van der Waals surface area contributed by atoms with Gasteiger partial charge in [-0.2, -0.15) is 0 Å². The molecule has 5 rings (SSSR count). The summed E-state index contributed by atoms with van der Waals surface area (Å²) in [5.74, 6) is 0.0853. The van der Waals surface area contributed by atoms with Crippen LogP contribution in [0.2, 0.25) is 0 Å². The molecule has 0 radical (unpaired) electrons. The third-order valence-corrected chi connectivity index (χ3v) is 6.56. The summed E-state index contributed by atoms with van der Waals surface area (Å²) in [6.07, 6.45) is 5.83. The average molecular weight is 361 g/mol. The predicted octanol–water partition coefficient (Wildman–Crippen LogP) is 7.24. The standard InChI is InChI=1S/C24H23NS/c1-2-7-17(8-3-1)15-18-13-14-25-22(16-18)21-11-6-10-20-19-9-4-5-12-23(19)26-24(20)21/h4-6,9-14,16-17H,1-3,7-8,15H2/i5D,15D2. The highest BCUT2D eigenvalue weighted by atomic mass is 32.1. The van der Waals surface area contributed by atoms with Gasteiger partial charge in [0.25, 0.3) is 0 Å². The fourth-order valence-corrected chi connectivity index (χ4v) is 5.25. The van der Waals surface area contributed by atoms with Crippen LogP contribution in [0.3, 0.4) is 0 Å². The number of benzene rings is 2. The fraction of sp³-hybridized carbons (Fsp3) is 0.292. The SMILES string of the molecule is [2H]c1ccc2c(c1)sc1c(-c3cc(C([2H])([2H])C4CCCCC4)ccn3)cccc12. The molecule has 0 spiro atoms. The van der Waals surface area contributed by atoms with Gasteiger partial charge >= 0.3 is 0 Å². The molecule has 130 valence electrons. The number of aromatic nitrogens is 1. The molecule has 4 aromatic rings. The van der Waals surface area contributed by atoms with Crippen LogP contribution < -0.4 is 0 Å². The van der Waals surface area contributed by atoms with Crippen LogP contribution in [0.5, 0.6) is 0 Å². The Morgan fingerprint density at radius 1 is 1.04 bits per heavy atom. The van der Waals surface area contributed by atoms with E-state index in [1.54, 1.807) is 17.5 Å². The highest BCUT2D eigenvalue weighted by molar-refractivity contribution is 7.26. The Balaban J connectivity index is 1.62. The minimum absolute atomic E-state index is 0.0853. The van der Waals surface area contributed by atoms with Crippen LogP contribution in [-0.4, -0.2) is 4.98 Å². The number of hydrogen-bond donors (Lipinski definition) is 0. The van der Waals surface area contributed by atoms with E-state index in [4.69, 9.17) is 4.11 Å². The third-order valence-electron chi connectivity index (χ3n) is 5.36. The lowest BCUT2D eigenvalue weighted by Gasteiger charge is -2.21. The number of hydrogen-bond acceptors (Lipinski definition) is 2. The quantitative estimate of drug-likeness (QED) is 0.375. The van der Waals surface area contributed by atoms with E-state index < -0.39 is 6.37 Å². The molecular formula is C24H23NS. The van der Waals surface area contributed by atoms with Gasteiger partial charge in [0.05, 0.1) is 7.06 Å². The summed E-state index contributed by atoms with van der Waals surface area (Å²) in [5, 5.41) is 2.33. The lowest BCUT2D eigenvalue weighted by atomic mass is 9.85. The lowest BCUT2D eigenvalue weighted by Crippen LogP contribution is -2.09. The van der Waals surface area contributed by atoms with Crippen molar-refractivity contribution in [3.8, 4) is 11.3 Å². The van der Waals surface area contributed by atoms with E-state index in [1.807, 2.05) is 36.4 Å².